The summed E-state index contributed by atoms with van der Waals surface area (Å²) in [5.74, 6) is 1.99. The van der Waals surface area contributed by atoms with E-state index in [-0.39, 0.29) is 0 Å². The predicted molar refractivity (Wildman–Crippen MR) is 93.9 cm³/mol. The maximum atomic E-state index is 2.36. The molecule has 120 valence electrons. The fourth-order valence-electron chi connectivity index (χ4n) is 2.39. The van der Waals surface area contributed by atoms with Gasteiger partial charge in [-0.1, -0.05) is 113 Å². The van der Waals surface area contributed by atoms with Crippen molar-refractivity contribution in [2.45, 2.75) is 113 Å². The lowest BCUT2D eigenvalue weighted by Gasteiger charge is -2.23. The number of unbranched alkanes of at least 4 members (excludes halogenated alkanes) is 2. The first-order valence-electron chi connectivity index (χ1n) is 9.12. The molecule has 0 saturated carbocycles. The van der Waals surface area contributed by atoms with Crippen molar-refractivity contribution in [3.63, 3.8) is 0 Å². The second-order valence-corrected chi connectivity index (χ2v) is 5.65. The number of rotatable bonds is 8. The molecule has 0 aliphatic heterocycles. The van der Waals surface area contributed by atoms with Crippen LogP contribution in [0.25, 0.3) is 0 Å². The zero-order valence-corrected chi connectivity index (χ0v) is 15.5. The Hall–Kier alpha value is 0. The second kappa shape index (κ2) is 23.1. The Morgan fingerprint density at radius 1 is 0.526 bits per heavy atom. The van der Waals surface area contributed by atoms with Crippen LogP contribution in [0.3, 0.4) is 0 Å². The van der Waals surface area contributed by atoms with Crippen LogP contribution < -0.4 is 0 Å². The van der Waals surface area contributed by atoms with Gasteiger partial charge < -0.3 is 0 Å². The smallest absolute Gasteiger partial charge is 0.0389 e. The molecule has 0 amide bonds. The molecule has 1 atom stereocenters. The van der Waals surface area contributed by atoms with Crippen molar-refractivity contribution in [2.24, 2.45) is 11.8 Å². The molecule has 0 spiro atoms. The van der Waals surface area contributed by atoms with Gasteiger partial charge in [-0.25, -0.2) is 0 Å². The fraction of sp³-hybridized carbons (Fsp3) is 1.00. The van der Waals surface area contributed by atoms with Crippen LogP contribution in [0.15, 0.2) is 0 Å². The first kappa shape index (κ1) is 24.0. The fourth-order valence-corrected chi connectivity index (χ4v) is 2.39. The maximum Gasteiger partial charge on any atom is -0.0389 e. The molecule has 0 radical (unpaired) electrons. The highest BCUT2D eigenvalue weighted by Gasteiger charge is 2.15. The first-order chi connectivity index (χ1) is 9.12. The maximum absolute atomic E-state index is 2.36. The third-order valence-corrected chi connectivity index (χ3v) is 3.42. The SMILES string of the molecule is CCC.CCC.CCCCCC(CC)C(CC)CC. The van der Waals surface area contributed by atoms with E-state index in [4.69, 9.17) is 0 Å². The van der Waals surface area contributed by atoms with Crippen LogP contribution in [-0.2, 0) is 0 Å². The average Bonchev–Trinajstić information content (AvgIpc) is 2.40. The van der Waals surface area contributed by atoms with Gasteiger partial charge in [-0.05, 0) is 11.8 Å². The van der Waals surface area contributed by atoms with E-state index >= 15 is 0 Å². The lowest BCUT2D eigenvalue weighted by atomic mass is 9.82. The van der Waals surface area contributed by atoms with Gasteiger partial charge in [0.15, 0.2) is 0 Å². The van der Waals surface area contributed by atoms with Gasteiger partial charge in [0.1, 0.15) is 0 Å². The molecule has 0 aliphatic carbocycles. The highest BCUT2D eigenvalue weighted by molar-refractivity contribution is 4.66. The van der Waals surface area contributed by atoms with Crippen molar-refractivity contribution >= 4 is 0 Å². The number of hydrogen-bond acceptors (Lipinski definition) is 0. The van der Waals surface area contributed by atoms with E-state index in [1.165, 1.54) is 57.8 Å². The quantitative estimate of drug-likeness (QED) is 0.394. The summed E-state index contributed by atoms with van der Waals surface area (Å²) < 4.78 is 0. The Kier molecular flexibility index (Phi) is 29.3. The van der Waals surface area contributed by atoms with Crippen LogP contribution in [-0.4, -0.2) is 0 Å². The summed E-state index contributed by atoms with van der Waals surface area (Å²) in [6.45, 7) is 17.8. The molecule has 19 heavy (non-hydrogen) atoms. The Morgan fingerprint density at radius 2 is 0.895 bits per heavy atom. The molecule has 0 aromatic rings. The van der Waals surface area contributed by atoms with Crippen molar-refractivity contribution < 1.29 is 0 Å². The van der Waals surface area contributed by atoms with Crippen LogP contribution in [0.5, 0.6) is 0 Å². The van der Waals surface area contributed by atoms with E-state index in [0.717, 1.165) is 11.8 Å². The molecule has 0 aromatic carbocycles. The molecule has 0 nitrogen and oxygen atoms in total. The Balaban J connectivity index is -0.000000360. The second-order valence-electron chi connectivity index (χ2n) is 5.65. The van der Waals surface area contributed by atoms with Crippen LogP contribution in [0.1, 0.15) is 113 Å². The molecule has 0 fully saturated rings. The van der Waals surface area contributed by atoms with E-state index in [1.54, 1.807) is 0 Å². The van der Waals surface area contributed by atoms with Crippen molar-refractivity contribution in [3.05, 3.63) is 0 Å². The molecule has 0 aromatic heterocycles. The van der Waals surface area contributed by atoms with Crippen molar-refractivity contribution in [1.82, 2.24) is 0 Å². The Morgan fingerprint density at radius 3 is 1.16 bits per heavy atom. The zero-order valence-electron chi connectivity index (χ0n) is 15.5. The molecule has 0 rings (SSSR count). The predicted octanol–water partition coefficient (Wildman–Crippen LogP) is 7.86. The van der Waals surface area contributed by atoms with Crippen LogP contribution >= 0.6 is 0 Å². The molecule has 0 aliphatic rings. The Labute approximate surface area is 125 Å². The van der Waals surface area contributed by atoms with Gasteiger partial charge >= 0.3 is 0 Å². The number of hydrogen-bond donors (Lipinski definition) is 0. The summed E-state index contributed by atoms with van der Waals surface area (Å²) in [7, 11) is 0. The van der Waals surface area contributed by atoms with Crippen LogP contribution in [0.4, 0.5) is 0 Å². The van der Waals surface area contributed by atoms with Gasteiger partial charge in [-0.15, -0.1) is 0 Å². The molecule has 0 bridgehead atoms. The highest BCUT2D eigenvalue weighted by Crippen LogP contribution is 2.27. The van der Waals surface area contributed by atoms with Gasteiger partial charge in [0.25, 0.3) is 0 Å². The van der Waals surface area contributed by atoms with Crippen LogP contribution in [0.2, 0.25) is 0 Å². The van der Waals surface area contributed by atoms with E-state index in [9.17, 15) is 0 Å². The van der Waals surface area contributed by atoms with E-state index in [1.807, 2.05) is 0 Å². The van der Waals surface area contributed by atoms with Crippen molar-refractivity contribution in [3.8, 4) is 0 Å². The molecule has 0 heterocycles. The molecule has 0 saturated heterocycles. The highest BCUT2D eigenvalue weighted by atomic mass is 14.2. The standard InChI is InChI=1S/C13H28.2C3H8/c1-5-9-10-11-13(8-4)12(6-2)7-3;2*1-3-2/h12-13H,5-11H2,1-4H3;2*3H2,1-2H3. The molecular formula is C19H44. The summed E-state index contributed by atoms with van der Waals surface area (Å²) in [4.78, 5) is 0. The molecule has 0 heteroatoms. The third kappa shape index (κ3) is 20.5. The minimum Gasteiger partial charge on any atom is -0.0656 e. The minimum atomic E-state index is 0.988. The van der Waals surface area contributed by atoms with Gasteiger partial charge in [-0.3, -0.25) is 0 Å². The monoisotopic (exact) mass is 272 g/mol. The van der Waals surface area contributed by atoms with E-state index in [0.29, 0.717) is 0 Å². The van der Waals surface area contributed by atoms with Crippen LogP contribution in [0, 0.1) is 11.8 Å². The summed E-state index contributed by atoms with van der Waals surface area (Å²) in [6.07, 6.45) is 12.3. The Bertz CT molecular complexity index is 111. The van der Waals surface area contributed by atoms with E-state index < -0.39 is 0 Å². The average molecular weight is 273 g/mol. The minimum absolute atomic E-state index is 0.988. The summed E-state index contributed by atoms with van der Waals surface area (Å²) in [6, 6.07) is 0. The summed E-state index contributed by atoms with van der Waals surface area (Å²) in [5.41, 5.74) is 0. The lowest BCUT2D eigenvalue weighted by Crippen LogP contribution is -2.12. The molecular weight excluding hydrogens is 228 g/mol. The van der Waals surface area contributed by atoms with Gasteiger partial charge in [0.2, 0.25) is 0 Å². The topological polar surface area (TPSA) is 0 Å². The summed E-state index contributed by atoms with van der Waals surface area (Å²) in [5, 5.41) is 0. The molecule has 1 unspecified atom stereocenters. The lowest BCUT2D eigenvalue weighted by molar-refractivity contribution is 0.279. The molecule has 0 N–H and O–H groups in total. The van der Waals surface area contributed by atoms with Crippen molar-refractivity contribution in [1.29, 1.82) is 0 Å². The third-order valence-electron chi connectivity index (χ3n) is 3.42. The van der Waals surface area contributed by atoms with Gasteiger partial charge in [0, 0.05) is 0 Å². The zero-order chi connectivity index (χ0) is 15.5. The van der Waals surface area contributed by atoms with E-state index in [2.05, 4.69) is 55.4 Å². The first-order valence-corrected chi connectivity index (χ1v) is 9.12. The normalized spacial score (nSPS) is 11.2. The summed E-state index contributed by atoms with van der Waals surface area (Å²) >= 11 is 0. The van der Waals surface area contributed by atoms with Gasteiger partial charge in [-0.2, -0.15) is 0 Å². The van der Waals surface area contributed by atoms with Crippen molar-refractivity contribution in [2.75, 3.05) is 0 Å². The largest absolute Gasteiger partial charge is 0.0656 e. The van der Waals surface area contributed by atoms with Gasteiger partial charge in [0.05, 0.1) is 0 Å².